The number of ether oxygens (including phenoxy) is 1. The summed E-state index contributed by atoms with van der Waals surface area (Å²) in [7, 11) is 1.62. The lowest BCUT2D eigenvalue weighted by atomic mass is 9.88. The van der Waals surface area contributed by atoms with E-state index in [4.69, 9.17) is 4.74 Å². The lowest BCUT2D eigenvalue weighted by Crippen LogP contribution is -2.20. The fourth-order valence-corrected chi connectivity index (χ4v) is 2.70. The maximum Gasteiger partial charge on any atom is 0.259 e. The van der Waals surface area contributed by atoms with Crippen molar-refractivity contribution in [2.24, 2.45) is 0 Å². The summed E-state index contributed by atoms with van der Waals surface area (Å²) in [6.07, 6.45) is 0. The Bertz CT molecular complexity index is 737. The number of amides is 2. The van der Waals surface area contributed by atoms with Crippen molar-refractivity contribution >= 4 is 11.8 Å². The van der Waals surface area contributed by atoms with Crippen LogP contribution in [0.15, 0.2) is 42.5 Å². The second-order valence-corrected chi connectivity index (χ2v) is 5.05. The number of hydrogen-bond donors (Lipinski definition) is 1. The van der Waals surface area contributed by atoms with Crippen LogP contribution in [0.2, 0.25) is 0 Å². The largest absolute Gasteiger partial charge is 0.497 e. The molecule has 0 saturated heterocycles. The molecule has 3 rings (SSSR count). The molecular weight excluding hydrogens is 266 g/mol. The lowest BCUT2D eigenvalue weighted by molar-refractivity contribution is 0.0879. The first-order valence-corrected chi connectivity index (χ1v) is 6.74. The Morgan fingerprint density at radius 2 is 1.81 bits per heavy atom. The highest BCUT2D eigenvalue weighted by Gasteiger charge is 2.30. The average molecular weight is 281 g/mol. The summed E-state index contributed by atoms with van der Waals surface area (Å²) in [4.78, 5) is 23.7. The summed E-state index contributed by atoms with van der Waals surface area (Å²) in [5.74, 6) is 0.120. The maximum absolute atomic E-state index is 12.0. The second kappa shape index (κ2) is 5.05. The van der Waals surface area contributed by atoms with Crippen molar-refractivity contribution in [1.29, 1.82) is 0 Å². The zero-order chi connectivity index (χ0) is 15.0. The first-order chi connectivity index (χ1) is 10.1. The van der Waals surface area contributed by atoms with E-state index in [0.29, 0.717) is 11.1 Å². The maximum atomic E-state index is 12.0. The molecule has 0 radical (unpaired) electrons. The van der Waals surface area contributed by atoms with Crippen LogP contribution in [-0.2, 0) is 0 Å². The molecule has 106 valence electrons. The Morgan fingerprint density at radius 3 is 2.57 bits per heavy atom. The summed E-state index contributed by atoms with van der Waals surface area (Å²) in [6, 6.07) is 13.1. The fourth-order valence-electron chi connectivity index (χ4n) is 2.70. The molecule has 2 aromatic rings. The van der Waals surface area contributed by atoms with Crippen molar-refractivity contribution in [2.45, 2.75) is 12.8 Å². The molecule has 0 aromatic heterocycles. The van der Waals surface area contributed by atoms with Gasteiger partial charge in [-0.1, -0.05) is 31.2 Å². The molecule has 21 heavy (non-hydrogen) atoms. The normalized spacial score (nSPS) is 14.6. The van der Waals surface area contributed by atoms with E-state index in [9.17, 15) is 9.59 Å². The zero-order valence-electron chi connectivity index (χ0n) is 11.8. The summed E-state index contributed by atoms with van der Waals surface area (Å²) in [6.45, 7) is 2.01. The molecule has 0 bridgehead atoms. The Balaban J connectivity index is 2.09. The summed E-state index contributed by atoms with van der Waals surface area (Å²) in [5.41, 5.74) is 2.82. The number of hydrogen-bond acceptors (Lipinski definition) is 3. The molecule has 1 aliphatic heterocycles. The Kier molecular flexibility index (Phi) is 3.22. The highest BCUT2D eigenvalue weighted by Crippen LogP contribution is 2.32. The van der Waals surface area contributed by atoms with Crippen LogP contribution in [0.4, 0.5) is 0 Å². The van der Waals surface area contributed by atoms with E-state index in [1.807, 2.05) is 43.3 Å². The number of benzene rings is 2. The van der Waals surface area contributed by atoms with E-state index < -0.39 is 0 Å². The number of imide groups is 1. The molecule has 1 unspecified atom stereocenters. The van der Waals surface area contributed by atoms with Gasteiger partial charge in [-0.25, -0.2) is 0 Å². The fraction of sp³-hybridized carbons (Fsp3) is 0.176. The zero-order valence-corrected chi connectivity index (χ0v) is 11.8. The first kappa shape index (κ1) is 13.4. The summed E-state index contributed by atoms with van der Waals surface area (Å²) in [5, 5.41) is 2.35. The Hall–Kier alpha value is -2.62. The van der Waals surface area contributed by atoms with E-state index in [1.54, 1.807) is 13.2 Å². The molecule has 4 heteroatoms. The second-order valence-electron chi connectivity index (χ2n) is 5.05. The smallest absolute Gasteiger partial charge is 0.259 e. The third-order valence-electron chi connectivity index (χ3n) is 3.86. The van der Waals surface area contributed by atoms with Gasteiger partial charge in [-0.15, -0.1) is 0 Å². The number of methoxy groups -OCH3 is 1. The van der Waals surface area contributed by atoms with Crippen molar-refractivity contribution in [3.05, 3.63) is 64.7 Å². The Morgan fingerprint density at radius 1 is 1.05 bits per heavy atom. The standard InChI is InChI=1S/C17H15NO3/c1-10(11-5-3-6-12(9-11)21-2)13-7-4-8-14-15(13)17(20)18-16(14)19/h3-10H,1-2H3,(H,18,19,20). The molecule has 1 N–H and O–H groups in total. The number of carbonyl (C=O) groups is 2. The highest BCUT2D eigenvalue weighted by molar-refractivity contribution is 6.22. The van der Waals surface area contributed by atoms with Crippen LogP contribution in [0, 0.1) is 0 Å². The number of fused-ring (bicyclic) bond motifs is 1. The molecule has 2 amide bonds. The van der Waals surface area contributed by atoms with Gasteiger partial charge in [-0.2, -0.15) is 0 Å². The van der Waals surface area contributed by atoms with Gasteiger partial charge in [0.25, 0.3) is 11.8 Å². The molecule has 1 heterocycles. The minimum Gasteiger partial charge on any atom is -0.497 e. The third-order valence-corrected chi connectivity index (χ3v) is 3.86. The average Bonchev–Trinajstić information content (AvgIpc) is 2.81. The van der Waals surface area contributed by atoms with Crippen molar-refractivity contribution in [3.63, 3.8) is 0 Å². The van der Waals surface area contributed by atoms with Crippen LogP contribution in [-0.4, -0.2) is 18.9 Å². The van der Waals surface area contributed by atoms with Crippen LogP contribution in [0.1, 0.15) is 44.7 Å². The van der Waals surface area contributed by atoms with Gasteiger partial charge in [-0.05, 0) is 29.3 Å². The van der Waals surface area contributed by atoms with Crippen LogP contribution in [0.3, 0.4) is 0 Å². The van der Waals surface area contributed by atoms with E-state index in [0.717, 1.165) is 16.9 Å². The van der Waals surface area contributed by atoms with Gasteiger partial charge in [0.2, 0.25) is 0 Å². The minimum absolute atomic E-state index is 0.00769. The molecule has 0 aliphatic carbocycles. The van der Waals surface area contributed by atoms with Crippen LogP contribution < -0.4 is 10.1 Å². The highest BCUT2D eigenvalue weighted by atomic mass is 16.5. The van der Waals surface area contributed by atoms with Gasteiger partial charge in [0.05, 0.1) is 18.2 Å². The van der Waals surface area contributed by atoms with Gasteiger partial charge in [-0.3, -0.25) is 14.9 Å². The van der Waals surface area contributed by atoms with Crippen LogP contribution in [0.25, 0.3) is 0 Å². The molecule has 0 spiro atoms. The number of nitrogens with one attached hydrogen (secondary N) is 1. The van der Waals surface area contributed by atoms with Gasteiger partial charge in [0, 0.05) is 5.92 Å². The lowest BCUT2D eigenvalue weighted by Gasteiger charge is -2.16. The molecular formula is C17H15NO3. The SMILES string of the molecule is COc1cccc(C(C)c2cccc3c2C(=O)NC3=O)c1. The van der Waals surface area contributed by atoms with Crippen LogP contribution in [0.5, 0.6) is 5.75 Å². The van der Waals surface area contributed by atoms with Crippen molar-refractivity contribution < 1.29 is 14.3 Å². The topological polar surface area (TPSA) is 55.4 Å². The van der Waals surface area contributed by atoms with Gasteiger partial charge < -0.3 is 4.74 Å². The minimum atomic E-state index is -0.324. The quantitative estimate of drug-likeness (QED) is 0.880. The summed E-state index contributed by atoms with van der Waals surface area (Å²) < 4.78 is 5.24. The van der Waals surface area contributed by atoms with E-state index in [2.05, 4.69) is 5.32 Å². The predicted octanol–water partition coefficient (Wildman–Crippen LogP) is 2.73. The predicted molar refractivity (Wildman–Crippen MR) is 78.7 cm³/mol. The molecule has 1 atom stereocenters. The Labute approximate surface area is 122 Å². The number of carbonyl (C=O) groups excluding carboxylic acids is 2. The van der Waals surface area contributed by atoms with Crippen molar-refractivity contribution in [1.82, 2.24) is 5.32 Å². The molecule has 4 nitrogen and oxygen atoms in total. The van der Waals surface area contributed by atoms with Crippen molar-refractivity contribution in [2.75, 3.05) is 7.11 Å². The van der Waals surface area contributed by atoms with Crippen LogP contribution >= 0.6 is 0 Å². The third kappa shape index (κ3) is 2.18. The molecule has 2 aromatic carbocycles. The van der Waals surface area contributed by atoms with Gasteiger partial charge >= 0.3 is 0 Å². The molecule has 0 saturated carbocycles. The first-order valence-electron chi connectivity index (χ1n) is 6.74. The monoisotopic (exact) mass is 281 g/mol. The molecule has 1 aliphatic rings. The van der Waals surface area contributed by atoms with Crippen molar-refractivity contribution in [3.8, 4) is 5.75 Å². The van der Waals surface area contributed by atoms with E-state index >= 15 is 0 Å². The summed E-state index contributed by atoms with van der Waals surface area (Å²) >= 11 is 0. The van der Waals surface area contributed by atoms with E-state index in [1.165, 1.54) is 0 Å². The van der Waals surface area contributed by atoms with Gasteiger partial charge in [0.1, 0.15) is 5.75 Å². The molecule has 0 fully saturated rings. The number of rotatable bonds is 3. The van der Waals surface area contributed by atoms with Gasteiger partial charge in [0.15, 0.2) is 0 Å². The van der Waals surface area contributed by atoms with E-state index in [-0.39, 0.29) is 17.7 Å².